The van der Waals surface area contributed by atoms with Crippen molar-refractivity contribution in [1.82, 2.24) is 0 Å². The van der Waals surface area contributed by atoms with Gasteiger partial charge in [0, 0.05) is 18.4 Å². The number of halogens is 2. The lowest BCUT2D eigenvalue weighted by Gasteiger charge is -2.16. The third-order valence-corrected chi connectivity index (χ3v) is 1.99. The number of nitrogens with one attached hydrogen (secondary N) is 1. The van der Waals surface area contributed by atoms with Gasteiger partial charge in [0.05, 0.1) is 12.6 Å². The van der Waals surface area contributed by atoms with Crippen LogP contribution >= 0.6 is 0 Å². The quantitative estimate of drug-likeness (QED) is 0.692. The summed E-state index contributed by atoms with van der Waals surface area (Å²) in [7, 11) is 0. The molecule has 0 heterocycles. The fourth-order valence-electron chi connectivity index (χ4n) is 1.19. The van der Waals surface area contributed by atoms with Crippen LogP contribution in [0.2, 0.25) is 0 Å². The molecule has 3 nitrogen and oxygen atoms in total. The second-order valence-electron chi connectivity index (χ2n) is 3.17. The fraction of sp³-hybridized carbons (Fsp3) is 0.400. The first-order chi connectivity index (χ1) is 7.17. The average molecular weight is 217 g/mol. The van der Waals surface area contributed by atoms with Crippen LogP contribution in [0.5, 0.6) is 0 Å². The third kappa shape index (κ3) is 3.45. The number of rotatable bonds is 5. The standard InChI is InChI=1S/C10H13F2NO2/c11-9-2-1-7(5-10(9)12)13-8(6-15)3-4-14/h1-2,5,8,13-15H,3-4,6H2. The van der Waals surface area contributed by atoms with Gasteiger partial charge in [0.25, 0.3) is 0 Å². The Bertz CT molecular complexity index is 320. The first kappa shape index (κ1) is 11.9. The Morgan fingerprint density at radius 3 is 2.47 bits per heavy atom. The molecule has 0 amide bonds. The lowest BCUT2D eigenvalue weighted by atomic mass is 10.2. The first-order valence-corrected chi connectivity index (χ1v) is 4.60. The molecule has 0 fully saturated rings. The van der Waals surface area contributed by atoms with Gasteiger partial charge in [-0.3, -0.25) is 0 Å². The SMILES string of the molecule is OCCC(CO)Nc1ccc(F)c(F)c1. The number of hydrogen-bond donors (Lipinski definition) is 3. The minimum atomic E-state index is -0.944. The van der Waals surface area contributed by atoms with E-state index in [1.54, 1.807) is 0 Å². The molecule has 1 rings (SSSR count). The molecule has 1 unspecified atom stereocenters. The summed E-state index contributed by atoms with van der Waals surface area (Å²) in [4.78, 5) is 0. The maximum atomic E-state index is 12.8. The van der Waals surface area contributed by atoms with E-state index < -0.39 is 11.6 Å². The molecule has 0 aliphatic heterocycles. The van der Waals surface area contributed by atoms with E-state index in [0.717, 1.165) is 12.1 Å². The van der Waals surface area contributed by atoms with Crippen molar-refractivity contribution in [2.24, 2.45) is 0 Å². The maximum Gasteiger partial charge on any atom is 0.160 e. The average Bonchev–Trinajstić information content (AvgIpc) is 2.23. The topological polar surface area (TPSA) is 52.5 Å². The van der Waals surface area contributed by atoms with E-state index in [0.29, 0.717) is 12.1 Å². The summed E-state index contributed by atoms with van der Waals surface area (Å²) in [5, 5.41) is 20.3. The van der Waals surface area contributed by atoms with E-state index in [-0.39, 0.29) is 19.3 Å². The molecule has 0 aromatic heterocycles. The molecule has 0 aliphatic carbocycles. The zero-order valence-electron chi connectivity index (χ0n) is 8.08. The van der Waals surface area contributed by atoms with Gasteiger partial charge in [0.1, 0.15) is 0 Å². The normalized spacial score (nSPS) is 12.5. The van der Waals surface area contributed by atoms with Gasteiger partial charge in [-0.2, -0.15) is 0 Å². The second-order valence-corrected chi connectivity index (χ2v) is 3.17. The first-order valence-electron chi connectivity index (χ1n) is 4.60. The van der Waals surface area contributed by atoms with Crippen molar-refractivity contribution >= 4 is 5.69 Å². The number of aliphatic hydroxyl groups is 2. The van der Waals surface area contributed by atoms with Gasteiger partial charge in [0.2, 0.25) is 0 Å². The van der Waals surface area contributed by atoms with Crippen molar-refractivity contribution in [1.29, 1.82) is 0 Å². The summed E-state index contributed by atoms with van der Waals surface area (Å²) >= 11 is 0. The van der Waals surface area contributed by atoms with Crippen molar-refractivity contribution in [3.63, 3.8) is 0 Å². The monoisotopic (exact) mass is 217 g/mol. The molecule has 5 heteroatoms. The molecule has 0 radical (unpaired) electrons. The highest BCUT2D eigenvalue weighted by atomic mass is 19.2. The van der Waals surface area contributed by atoms with Gasteiger partial charge in [0.15, 0.2) is 11.6 Å². The van der Waals surface area contributed by atoms with Crippen LogP contribution in [0.1, 0.15) is 6.42 Å². The van der Waals surface area contributed by atoms with E-state index in [1.165, 1.54) is 6.07 Å². The molecule has 0 bridgehead atoms. The third-order valence-electron chi connectivity index (χ3n) is 1.99. The smallest absolute Gasteiger partial charge is 0.160 e. The lowest BCUT2D eigenvalue weighted by Crippen LogP contribution is -2.24. The molecule has 0 aliphatic rings. The fourth-order valence-corrected chi connectivity index (χ4v) is 1.19. The Hall–Kier alpha value is -1.20. The van der Waals surface area contributed by atoms with Crippen molar-refractivity contribution in [3.05, 3.63) is 29.8 Å². The predicted molar refractivity (Wildman–Crippen MR) is 52.6 cm³/mol. The zero-order valence-corrected chi connectivity index (χ0v) is 8.08. The molecular weight excluding hydrogens is 204 g/mol. The van der Waals surface area contributed by atoms with Crippen LogP contribution in [0.4, 0.5) is 14.5 Å². The van der Waals surface area contributed by atoms with Crippen molar-refractivity contribution in [3.8, 4) is 0 Å². The number of hydrogen-bond acceptors (Lipinski definition) is 3. The summed E-state index contributed by atoms with van der Waals surface area (Å²) < 4.78 is 25.4. The minimum absolute atomic E-state index is 0.0814. The largest absolute Gasteiger partial charge is 0.396 e. The highest BCUT2D eigenvalue weighted by molar-refractivity contribution is 5.44. The maximum absolute atomic E-state index is 12.8. The Kier molecular flexibility index (Phi) is 4.45. The summed E-state index contributed by atoms with van der Waals surface area (Å²) in [6.07, 6.45) is 0.343. The van der Waals surface area contributed by atoms with E-state index >= 15 is 0 Å². The molecular formula is C10H13F2NO2. The van der Waals surface area contributed by atoms with Crippen LogP contribution in [0, 0.1) is 11.6 Å². The molecule has 84 valence electrons. The molecule has 0 saturated heterocycles. The van der Waals surface area contributed by atoms with Crippen molar-refractivity contribution < 1.29 is 19.0 Å². The van der Waals surface area contributed by atoms with Crippen molar-refractivity contribution in [2.45, 2.75) is 12.5 Å². The molecule has 1 atom stereocenters. The predicted octanol–water partition coefficient (Wildman–Crippen LogP) is 1.12. The number of benzene rings is 1. The van der Waals surface area contributed by atoms with Crippen LogP contribution in [0.15, 0.2) is 18.2 Å². The summed E-state index contributed by atoms with van der Waals surface area (Å²) in [6.45, 7) is -0.262. The Labute approximate surface area is 86.4 Å². The molecule has 0 saturated carbocycles. The summed E-state index contributed by atoms with van der Waals surface area (Å²) in [6, 6.07) is 3.03. The van der Waals surface area contributed by atoms with Gasteiger partial charge in [-0.05, 0) is 18.6 Å². The van der Waals surface area contributed by atoms with Gasteiger partial charge >= 0.3 is 0 Å². The second kappa shape index (κ2) is 5.63. The van der Waals surface area contributed by atoms with Gasteiger partial charge in [-0.15, -0.1) is 0 Å². The Morgan fingerprint density at radius 1 is 1.20 bits per heavy atom. The molecule has 0 spiro atoms. The van der Waals surface area contributed by atoms with Gasteiger partial charge < -0.3 is 15.5 Å². The molecule has 15 heavy (non-hydrogen) atoms. The van der Waals surface area contributed by atoms with Crippen LogP contribution in [0.3, 0.4) is 0 Å². The summed E-state index contributed by atoms with van der Waals surface area (Å²) in [5.74, 6) is -1.86. The molecule has 1 aromatic carbocycles. The Balaban J connectivity index is 2.66. The van der Waals surface area contributed by atoms with Crippen LogP contribution < -0.4 is 5.32 Å². The van der Waals surface area contributed by atoms with Crippen LogP contribution in [-0.2, 0) is 0 Å². The Morgan fingerprint density at radius 2 is 1.93 bits per heavy atom. The van der Waals surface area contributed by atoms with E-state index in [2.05, 4.69) is 5.32 Å². The number of aliphatic hydroxyl groups excluding tert-OH is 2. The number of anilines is 1. The molecule has 1 aromatic rings. The lowest BCUT2D eigenvalue weighted by molar-refractivity contribution is 0.229. The van der Waals surface area contributed by atoms with E-state index in [9.17, 15) is 8.78 Å². The van der Waals surface area contributed by atoms with Gasteiger partial charge in [-0.25, -0.2) is 8.78 Å². The summed E-state index contributed by atoms with van der Waals surface area (Å²) in [5.41, 5.74) is 0.376. The van der Waals surface area contributed by atoms with Crippen LogP contribution in [-0.4, -0.2) is 29.5 Å². The van der Waals surface area contributed by atoms with E-state index in [4.69, 9.17) is 10.2 Å². The molecule has 3 N–H and O–H groups in total. The van der Waals surface area contributed by atoms with Gasteiger partial charge in [-0.1, -0.05) is 0 Å². The minimum Gasteiger partial charge on any atom is -0.396 e. The van der Waals surface area contributed by atoms with Crippen LogP contribution in [0.25, 0.3) is 0 Å². The van der Waals surface area contributed by atoms with Crippen molar-refractivity contribution in [2.75, 3.05) is 18.5 Å². The van der Waals surface area contributed by atoms with E-state index in [1.807, 2.05) is 0 Å². The highest BCUT2D eigenvalue weighted by Gasteiger charge is 2.08. The zero-order chi connectivity index (χ0) is 11.3. The highest BCUT2D eigenvalue weighted by Crippen LogP contribution is 2.14.